The lowest BCUT2D eigenvalue weighted by Crippen LogP contribution is -2.25. The zero-order chi connectivity index (χ0) is 17.2. The van der Waals surface area contributed by atoms with E-state index in [0.29, 0.717) is 13.0 Å². The van der Waals surface area contributed by atoms with Crippen LogP contribution in [0.4, 0.5) is 0 Å². The first-order valence-electron chi connectivity index (χ1n) is 8.04. The first-order chi connectivity index (χ1) is 10.7. The standard InChI is InChI=1S/C19H26N2O2/c1-13-7-6-8-16(14(13)2)15(3)17-20-10-12-21(17)11-9-19(4,5)18(22)23/h6-8,10,12,15H,9,11H2,1-5H3,(H,22,23)/t15-/m1/s1. The van der Waals surface area contributed by atoms with Crippen molar-refractivity contribution < 1.29 is 9.90 Å². The highest BCUT2D eigenvalue weighted by Gasteiger charge is 2.27. The molecule has 1 heterocycles. The second-order valence-electron chi connectivity index (χ2n) is 6.93. The first kappa shape index (κ1) is 17.3. The zero-order valence-electron chi connectivity index (χ0n) is 14.6. The van der Waals surface area contributed by atoms with E-state index in [1.807, 2.05) is 6.20 Å². The minimum absolute atomic E-state index is 0.179. The average molecular weight is 314 g/mol. The molecule has 2 rings (SSSR count). The van der Waals surface area contributed by atoms with Crippen LogP contribution in [0.3, 0.4) is 0 Å². The predicted octanol–water partition coefficient (Wildman–Crippen LogP) is 4.15. The molecule has 0 amide bonds. The summed E-state index contributed by atoms with van der Waals surface area (Å²) in [7, 11) is 0. The van der Waals surface area contributed by atoms with Crippen molar-refractivity contribution in [1.29, 1.82) is 0 Å². The highest BCUT2D eigenvalue weighted by molar-refractivity contribution is 5.73. The molecule has 0 unspecified atom stereocenters. The molecule has 1 atom stereocenters. The third-order valence-corrected chi connectivity index (χ3v) is 4.80. The van der Waals surface area contributed by atoms with E-state index in [-0.39, 0.29) is 5.92 Å². The lowest BCUT2D eigenvalue weighted by atomic mass is 9.89. The van der Waals surface area contributed by atoms with E-state index in [1.165, 1.54) is 16.7 Å². The number of aryl methyl sites for hydroxylation is 2. The molecule has 0 aliphatic carbocycles. The number of aromatic nitrogens is 2. The van der Waals surface area contributed by atoms with Crippen molar-refractivity contribution >= 4 is 5.97 Å². The molecule has 0 aliphatic heterocycles. The number of benzene rings is 1. The first-order valence-corrected chi connectivity index (χ1v) is 8.04. The van der Waals surface area contributed by atoms with Crippen molar-refractivity contribution in [3.8, 4) is 0 Å². The number of carboxylic acid groups (broad SMARTS) is 1. The van der Waals surface area contributed by atoms with Crippen molar-refractivity contribution in [3.05, 3.63) is 53.1 Å². The number of carboxylic acids is 1. The Labute approximate surface area is 138 Å². The molecule has 0 fully saturated rings. The fourth-order valence-corrected chi connectivity index (χ4v) is 2.78. The molecule has 1 aromatic heterocycles. The summed E-state index contributed by atoms with van der Waals surface area (Å²) in [4.78, 5) is 15.8. The van der Waals surface area contributed by atoms with Crippen LogP contribution in [0.5, 0.6) is 0 Å². The van der Waals surface area contributed by atoms with Gasteiger partial charge in [-0.05, 0) is 50.8 Å². The molecule has 0 radical (unpaired) electrons. The minimum atomic E-state index is -0.762. The number of imidazole rings is 1. The predicted molar refractivity (Wildman–Crippen MR) is 91.7 cm³/mol. The van der Waals surface area contributed by atoms with Crippen LogP contribution in [0.25, 0.3) is 0 Å². The summed E-state index contributed by atoms with van der Waals surface area (Å²) in [5, 5.41) is 9.27. The van der Waals surface area contributed by atoms with Crippen LogP contribution >= 0.6 is 0 Å². The largest absolute Gasteiger partial charge is 0.481 e. The number of rotatable bonds is 6. The highest BCUT2D eigenvalue weighted by Crippen LogP contribution is 2.28. The number of hydrogen-bond donors (Lipinski definition) is 1. The number of carbonyl (C=O) groups is 1. The van der Waals surface area contributed by atoms with Crippen LogP contribution in [-0.4, -0.2) is 20.6 Å². The summed E-state index contributed by atoms with van der Waals surface area (Å²) in [6.07, 6.45) is 4.31. The third kappa shape index (κ3) is 3.63. The zero-order valence-corrected chi connectivity index (χ0v) is 14.6. The molecule has 0 spiro atoms. The average Bonchev–Trinajstić information content (AvgIpc) is 2.95. The second-order valence-corrected chi connectivity index (χ2v) is 6.93. The summed E-state index contributed by atoms with van der Waals surface area (Å²) in [5.74, 6) is 0.402. The Bertz CT molecular complexity index is 701. The normalized spacial score (nSPS) is 13.1. The Balaban J connectivity index is 2.24. The Kier molecular flexibility index (Phi) is 4.93. The van der Waals surface area contributed by atoms with Gasteiger partial charge < -0.3 is 9.67 Å². The second kappa shape index (κ2) is 6.57. The lowest BCUT2D eigenvalue weighted by molar-refractivity contribution is -0.147. The van der Waals surface area contributed by atoms with E-state index < -0.39 is 11.4 Å². The summed E-state index contributed by atoms with van der Waals surface area (Å²) < 4.78 is 2.08. The van der Waals surface area contributed by atoms with Gasteiger partial charge >= 0.3 is 5.97 Å². The molecule has 124 valence electrons. The highest BCUT2D eigenvalue weighted by atomic mass is 16.4. The van der Waals surface area contributed by atoms with Gasteiger partial charge in [-0.3, -0.25) is 4.79 Å². The summed E-state index contributed by atoms with van der Waals surface area (Å²) >= 11 is 0. The van der Waals surface area contributed by atoms with E-state index in [9.17, 15) is 9.90 Å². The van der Waals surface area contributed by atoms with Crippen molar-refractivity contribution in [1.82, 2.24) is 9.55 Å². The smallest absolute Gasteiger partial charge is 0.309 e. The molecular formula is C19H26N2O2. The molecule has 4 nitrogen and oxygen atoms in total. The van der Waals surface area contributed by atoms with Gasteiger partial charge in [0.25, 0.3) is 0 Å². The minimum Gasteiger partial charge on any atom is -0.481 e. The van der Waals surface area contributed by atoms with Crippen molar-refractivity contribution in [2.24, 2.45) is 5.41 Å². The van der Waals surface area contributed by atoms with Gasteiger partial charge in [-0.2, -0.15) is 0 Å². The monoisotopic (exact) mass is 314 g/mol. The molecule has 0 aliphatic rings. The Morgan fingerprint density at radius 3 is 2.70 bits per heavy atom. The molecule has 1 aromatic carbocycles. The molecule has 1 N–H and O–H groups in total. The SMILES string of the molecule is Cc1cccc([C@@H](C)c2nccn2CCC(C)(C)C(=O)O)c1C. The van der Waals surface area contributed by atoms with Crippen LogP contribution in [0.15, 0.2) is 30.6 Å². The third-order valence-electron chi connectivity index (χ3n) is 4.80. The van der Waals surface area contributed by atoms with Gasteiger partial charge in [0.1, 0.15) is 5.82 Å². The van der Waals surface area contributed by atoms with E-state index in [4.69, 9.17) is 0 Å². The van der Waals surface area contributed by atoms with Crippen LogP contribution in [0.1, 0.15) is 55.6 Å². The van der Waals surface area contributed by atoms with Crippen molar-refractivity contribution in [3.63, 3.8) is 0 Å². The molecule has 0 bridgehead atoms. The van der Waals surface area contributed by atoms with Gasteiger partial charge in [0.05, 0.1) is 5.41 Å². The van der Waals surface area contributed by atoms with Gasteiger partial charge in [-0.15, -0.1) is 0 Å². The molecule has 4 heteroatoms. The van der Waals surface area contributed by atoms with E-state index in [1.54, 1.807) is 20.0 Å². The lowest BCUT2D eigenvalue weighted by Gasteiger charge is -2.22. The van der Waals surface area contributed by atoms with Crippen LogP contribution in [0.2, 0.25) is 0 Å². The fraction of sp³-hybridized carbons (Fsp3) is 0.474. The fourth-order valence-electron chi connectivity index (χ4n) is 2.78. The van der Waals surface area contributed by atoms with Crippen molar-refractivity contribution in [2.75, 3.05) is 0 Å². The molecule has 0 saturated heterocycles. The van der Waals surface area contributed by atoms with Crippen molar-refractivity contribution in [2.45, 2.75) is 53.5 Å². The number of hydrogen-bond acceptors (Lipinski definition) is 2. The Morgan fingerprint density at radius 1 is 1.35 bits per heavy atom. The van der Waals surface area contributed by atoms with E-state index in [0.717, 1.165) is 5.82 Å². The topological polar surface area (TPSA) is 55.1 Å². The van der Waals surface area contributed by atoms with Crippen LogP contribution < -0.4 is 0 Å². The quantitative estimate of drug-likeness (QED) is 0.871. The van der Waals surface area contributed by atoms with Crippen LogP contribution in [0, 0.1) is 19.3 Å². The molecule has 2 aromatic rings. The molecule has 23 heavy (non-hydrogen) atoms. The van der Waals surface area contributed by atoms with Crippen LogP contribution in [-0.2, 0) is 11.3 Å². The van der Waals surface area contributed by atoms with E-state index in [2.05, 4.69) is 48.5 Å². The summed E-state index contributed by atoms with van der Waals surface area (Å²) in [6.45, 7) is 10.6. The Morgan fingerprint density at radius 2 is 2.04 bits per heavy atom. The summed E-state index contributed by atoms with van der Waals surface area (Å²) in [6, 6.07) is 6.34. The number of aliphatic carboxylic acids is 1. The van der Waals surface area contributed by atoms with Gasteiger partial charge in [0, 0.05) is 24.9 Å². The molecular weight excluding hydrogens is 288 g/mol. The Hall–Kier alpha value is -2.10. The van der Waals surface area contributed by atoms with Gasteiger partial charge in [0.15, 0.2) is 0 Å². The molecule has 0 saturated carbocycles. The maximum Gasteiger partial charge on any atom is 0.309 e. The summed E-state index contributed by atoms with van der Waals surface area (Å²) in [5.41, 5.74) is 3.11. The van der Waals surface area contributed by atoms with Gasteiger partial charge in [-0.25, -0.2) is 4.98 Å². The van der Waals surface area contributed by atoms with Gasteiger partial charge in [-0.1, -0.05) is 25.1 Å². The number of nitrogens with zero attached hydrogens (tertiary/aromatic N) is 2. The van der Waals surface area contributed by atoms with E-state index >= 15 is 0 Å². The maximum atomic E-state index is 11.3. The maximum absolute atomic E-state index is 11.3. The van der Waals surface area contributed by atoms with Gasteiger partial charge in [0.2, 0.25) is 0 Å².